The minimum atomic E-state index is -0.408. The van der Waals surface area contributed by atoms with Crippen LogP contribution in [0.4, 0.5) is 4.39 Å². The van der Waals surface area contributed by atoms with Gasteiger partial charge in [-0.15, -0.1) is 0 Å². The van der Waals surface area contributed by atoms with Gasteiger partial charge in [0, 0.05) is 5.41 Å². The van der Waals surface area contributed by atoms with Crippen LogP contribution >= 0.6 is 0 Å². The molecule has 0 aromatic heterocycles. The highest BCUT2D eigenvalue weighted by atomic mass is 19.1. The summed E-state index contributed by atoms with van der Waals surface area (Å²) in [4.78, 5) is 11.6. The summed E-state index contributed by atoms with van der Waals surface area (Å²) in [5.74, 6) is 0.278. The molecule has 1 rings (SSSR count). The second-order valence-electron chi connectivity index (χ2n) is 4.87. The predicted octanol–water partition coefficient (Wildman–Crippen LogP) is 3.13. The quantitative estimate of drug-likeness (QED) is 0.788. The standard InChI is InChI=1S/C13H17FO2/c1-9-7-10(5-6-11(9)14)16-8-12(15)13(2,3)4/h5-7H,8H2,1-4H3. The van der Waals surface area contributed by atoms with Crippen LogP contribution in [0.3, 0.4) is 0 Å². The molecule has 0 bridgehead atoms. The molecule has 0 amide bonds. The zero-order valence-corrected chi connectivity index (χ0v) is 10.1. The maximum atomic E-state index is 13.0. The van der Waals surface area contributed by atoms with Crippen molar-refractivity contribution in [2.45, 2.75) is 27.7 Å². The molecule has 16 heavy (non-hydrogen) atoms. The number of ketones is 1. The lowest BCUT2D eigenvalue weighted by Gasteiger charge is -2.16. The highest BCUT2D eigenvalue weighted by Gasteiger charge is 2.21. The number of hydrogen-bond donors (Lipinski definition) is 0. The van der Waals surface area contributed by atoms with Gasteiger partial charge < -0.3 is 4.74 Å². The van der Waals surface area contributed by atoms with E-state index in [1.807, 2.05) is 20.8 Å². The lowest BCUT2D eigenvalue weighted by Crippen LogP contribution is -2.26. The summed E-state index contributed by atoms with van der Waals surface area (Å²) in [6.45, 7) is 7.21. The second kappa shape index (κ2) is 4.64. The molecule has 0 atom stereocenters. The van der Waals surface area contributed by atoms with Crippen LogP contribution < -0.4 is 4.74 Å². The Balaban J connectivity index is 2.62. The topological polar surface area (TPSA) is 26.3 Å². The molecule has 3 heteroatoms. The summed E-state index contributed by atoms with van der Waals surface area (Å²) in [7, 11) is 0. The average Bonchev–Trinajstić information content (AvgIpc) is 2.18. The molecular weight excluding hydrogens is 207 g/mol. The normalized spacial score (nSPS) is 11.3. The Hall–Kier alpha value is -1.38. The van der Waals surface area contributed by atoms with Crippen LogP contribution in [-0.2, 0) is 4.79 Å². The third-order valence-corrected chi connectivity index (χ3v) is 2.34. The van der Waals surface area contributed by atoms with Crippen molar-refractivity contribution in [3.8, 4) is 5.75 Å². The average molecular weight is 224 g/mol. The molecule has 0 aliphatic carbocycles. The first kappa shape index (κ1) is 12.7. The molecule has 2 nitrogen and oxygen atoms in total. The summed E-state index contributed by atoms with van der Waals surface area (Å²) in [6.07, 6.45) is 0. The van der Waals surface area contributed by atoms with Gasteiger partial charge in [-0.1, -0.05) is 20.8 Å². The molecule has 0 unspecified atom stereocenters. The largest absolute Gasteiger partial charge is 0.486 e. The Kier molecular flexibility index (Phi) is 3.68. The fraction of sp³-hybridized carbons (Fsp3) is 0.462. The number of Topliss-reactive ketones (excluding diaryl/α,β-unsaturated/α-hetero) is 1. The molecule has 0 aliphatic rings. The van der Waals surface area contributed by atoms with Crippen LogP contribution in [0.1, 0.15) is 26.3 Å². The zero-order valence-electron chi connectivity index (χ0n) is 10.1. The van der Waals surface area contributed by atoms with Gasteiger partial charge in [-0.05, 0) is 30.7 Å². The molecule has 0 fully saturated rings. The molecule has 1 aromatic rings. The van der Waals surface area contributed by atoms with Crippen LogP contribution in [0.2, 0.25) is 0 Å². The third-order valence-electron chi connectivity index (χ3n) is 2.34. The van der Waals surface area contributed by atoms with Crippen molar-refractivity contribution < 1.29 is 13.9 Å². The van der Waals surface area contributed by atoms with Crippen molar-refractivity contribution in [1.82, 2.24) is 0 Å². The van der Waals surface area contributed by atoms with Crippen LogP contribution in [-0.4, -0.2) is 12.4 Å². The number of rotatable bonds is 3. The van der Waals surface area contributed by atoms with E-state index in [-0.39, 0.29) is 18.2 Å². The lowest BCUT2D eigenvalue weighted by molar-refractivity contribution is -0.128. The van der Waals surface area contributed by atoms with Gasteiger partial charge in [0.15, 0.2) is 5.78 Å². The van der Waals surface area contributed by atoms with Crippen molar-refractivity contribution in [3.63, 3.8) is 0 Å². The first-order valence-electron chi connectivity index (χ1n) is 5.23. The molecule has 0 radical (unpaired) electrons. The van der Waals surface area contributed by atoms with E-state index < -0.39 is 5.41 Å². The van der Waals surface area contributed by atoms with Crippen LogP contribution in [0.25, 0.3) is 0 Å². The first-order chi connectivity index (χ1) is 7.30. The van der Waals surface area contributed by atoms with Gasteiger partial charge in [-0.2, -0.15) is 0 Å². The monoisotopic (exact) mass is 224 g/mol. The summed E-state index contributed by atoms with van der Waals surface area (Å²) < 4.78 is 18.3. The summed E-state index contributed by atoms with van der Waals surface area (Å²) in [5.41, 5.74) is 0.107. The van der Waals surface area contributed by atoms with Gasteiger partial charge in [-0.25, -0.2) is 4.39 Å². The molecule has 0 N–H and O–H groups in total. The van der Waals surface area contributed by atoms with Crippen molar-refractivity contribution in [2.24, 2.45) is 5.41 Å². The van der Waals surface area contributed by atoms with Crippen LogP contribution in [0, 0.1) is 18.2 Å². The molecular formula is C13H17FO2. The molecule has 0 saturated carbocycles. The van der Waals surface area contributed by atoms with E-state index in [1.165, 1.54) is 12.1 Å². The summed E-state index contributed by atoms with van der Waals surface area (Å²) in [5, 5.41) is 0. The highest BCUT2D eigenvalue weighted by Crippen LogP contribution is 2.18. The van der Waals surface area contributed by atoms with E-state index >= 15 is 0 Å². The van der Waals surface area contributed by atoms with E-state index in [2.05, 4.69) is 0 Å². The van der Waals surface area contributed by atoms with Crippen molar-refractivity contribution in [3.05, 3.63) is 29.6 Å². The molecule has 88 valence electrons. The molecule has 0 spiro atoms. The number of benzene rings is 1. The fourth-order valence-electron chi connectivity index (χ4n) is 1.07. The summed E-state index contributed by atoms with van der Waals surface area (Å²) >= 11 is 0. The number of carbonyl (C=O) groups is 1. The van der Waals surface area contributed by atoms with E-state index in [1.54, 1.807) is 13.0 Å². The van der Waals surface area contributed by atoms with E-state index in [0.29, 0.717) is 11.3 Å². The maximum absolute atomic E-state index is 13.0. The second-order valence-corrected chi connectivity index (χ2v) is 4.87. The molecule has 1 aromatic carbocycles. The van der Waals surface area contributed by atoms with Gasteiger partial charge in [0.1, 0.15) is 18.2 Å². The van der Waals surface area contributed by atoms with Gasteiger partial charge in [0.2, 0.25) is 0 Å². The third kappa shape index (κ3) is 3.33. The molecule has 0 aliphatic heterocycles. The number of aryl methyl sites for hydroxylation is 1. The zero-order chi connectivity index (χ0) is 12.3. The van der Waals surface area contributed by atoms with Crippen molar-refractivity contribution in [2.75, 3.05) is 6.61 Å². The smallest absolute Gasteiger partial charge is 0.175 e. The van der Waals surface area contributed by atoms with Crippen LogP contribution in [0.15, 0.2) is 18.2 Å². The van der Waals surface area contributed by atoms with Crippen LogP contribution in [0.5, 0.6) is 5.75 Å². The Morgan fingerprint density at radius 1 is 1.38 bits per heavy atom. The maximum Gasteiger partial charge on any atom is 0.175 e. The fourth-order valence-corrected chi connectivity index (χ4v) is 1.07. The minimum Gasteiger partial charge on any atom is -0.486 e. The van der Waals surface area contributed by atoms with Gasteiger partial charge in [0.25, 0.3) is 0 Å². The van der Waals surface area contributed by atoms with E-state index in [4.69, 9.17) is 4.74 Å². The lowest BCUT2D eigenvalue weighted by atomic mass is 9.91. The Bertz CT molecular complexity index is 391. The Morgan fingerprint density at radius 2 is 2.00 bits per heavy atom. The number of halogens is 1. The number of hydrogen-bond acceptors (Lipinski definition) is 2. The highest BCUT2D eigenvalue weighted by molar-refractivity contribution is 5.85. The number of carbonyl (C=O) groups excluding carboxylic acids is 1. The molecule has 0 saturated heterocycles. The summed E-state index contributed by atoms with van der Waals surface area (Å²) in [6, 6.07) is 4.45. The molecule has 0 heterocycles. The SMILES string of the molecule is Cc1cc(OCC(=O)C(C)(C)C)ccc1F. The minimum absolute atomic E-state index is 0.0224. The van der Waals surface area contributed by atoms with Gasteiger partial charge >= 0.3 is 0 Å². The first-order valence-corrected chi connectivity index (χ1v) is 5.23. The Labute approximate surface area is 95.4 Å². The predicted molar refractivity (Wildman–Crippen MR) is 61.1 cm³/mol. The van der Waals surface area contributed by atoms with Crippen molar-refractivity contribution in [1.29, 1.82) is 0 Å². The van der Waals surface area contributed by atoms with Crippen molar-refractivity contribution >= 4 is 5.78 Å². The van der Waals surface area contributed by atoms with E-state index in [9.17, 15) is 9.18 Å². The van der Waals surface area contributed by atoms with Gasteiger partial charge in [-0.3, -0.25) is 4.79 Å². The van der Waals surface area contributed by atoms with E-state index in [0.717, 1.165) is 0 Å². The Morgan fingerprint density at radius 3 is 2.50 bits per heavy atom. The number of ether oxygens (including phenoxy) is 1. The van der Waals surface area contributed by atoms with Gasteiger partial charge in [0.05, 0.1) is 0 Å².